The van der Waals surface area contributed by atoms with Crippen molar-refractivity contribution >= 4 is 10.8 Å². The van der Waals surface area contributed by atoms with Crippen LogP contribution in [0.2, 0.25) is 0 Å². The molecule has 0 spiro atoms. The Morgan fingerprint density at radius 1 is 1.44 bits per heavy atom. The van der Waals surface area contributed by atoms with Gasteiger partial charge in [-0.15, -0.1) is 0 Å². The van der Waals surface area contributed by atoms with Crippen LogP contribution in [-0.2, 0) is 23.1 Å². The molecule has 1 aromatic heterocycles. The van der Waals surface area contributed by atoms with Crippen LogP contribution in [0.1, 0.15) is 19.0 Å². The third-order valence-electron chi connectivity index (χ3n) is 2.60. The van der Waals surface area contributed by atoms with Gasteiger partial charge >= 0.3 is 0 Å². The van der Waals surface area contributed by atoms with Gasteiger partial charge in [0.05, 0.1) is 28.6 Å². The van der Waals surface area contributed by atoms with Gasteiger partial charge in [-0.1, -0.05) is 13.0 Å². The summed E-state index contributed by atoms with van der Waals surface area (Å²) >= 11 is 0. The number of hydrogen-bond donors (Lipinski definition) is 0. The fourth-order valence-corrected chi connectivity index (χ4v) is 2.89. The van der Waals surface area contributed by atoms with Crippen molar-refractivity contribution in [2.75, 3.05) is 0 Å². The molecule has 0 bridgehead atoms. The zero-order valence-corrected chi connectivity index (χ0v) is 11.0. The third-order valence-corrected chi connectivity index (χ3v) is 3.94. The van der Waals surface area contributed by atoms with Crippen molar-refractivity contribution in [1.82, 2.24) is 9.55 Å². The van der Waals surface area contributed by atoms with Crippen LogP contribution in [0.4, 0.5) is 4.39 Å². The highest BCUT2D eigenvalue weighted by atomic mass is 32.2. The number of hydrogen-bond acceptors (Lipinski definition) is 2. The molecule has 1 heterocycles. The van der Waals surface area contributed by atoms with Crippen LogP contribution >= 0.6 is 0 Å². The lowest BCUT2D eigenvalue weighted by Crippen LogP contribution is -2.05. The van der Waals surface area contributed by atoms with Gasteiger partial charge in [0.15, 0.2) is 0 Å². The van der Waals surface area contributed by atoms with Crippen LogP contribution in [0, 0.1) is 5.82 Å². The van der Waals surface area contributed by atoms with E-state index in [0.717, 1.165) is 18.7 Å². The lowest BCUT2D eigenvalue weighted by molar-refractivity contribution is 0.622. The molecule has 2 aromatic rings. The number of nitrogens with zero attached hydrogens (tertiary/aromatic N) is 2. The van der Waals surface area contributed by atoms with Gasteiger partial charge < -0.3 is 4.57 Å². The Bertz CT molecular complexity index is 553. The normalized spacial score (nSPS) is 12.6. The second-order valence-corrected chi connectivity index (χ2v) is 5.48. The van der Waals surface area contributed by atoms with E-state index < -0.39 is 10.8 Å². The second-order valence-electron chi connectivity index (χ2n) is 4.03. The molecular formula is C13H15FN2OS. The van der Waals surface area contributed by atoms with Crippen molar-refractivity contribution in [2.24, 2.45) is 0 Å². The maximum Gasteiger partial charge on any atom is 0.124 e. The zero-order chi connectivity index (χ0) is 13.0. The van der Waals surface area contributed by atoms with Gasteiger partial charge in [0.2, 0.25) is 0 Å². The van der Waals surface area contributed by atoms with E-state index in [-0.39, 0.29) is 5.82 Å². The molecule has 5 heteroatoms. The number of imidazole rings is 1. The highest BCUT2D eigenvalue weighted by Gasteiger charge is 2.09. The zero-order valence-electron chi connectivity index (χ0n) is 10.2. The standard InChI is InChI=1S/C13H15FN2OS/c1-2-6-16-10-15-8-12(16)9-18(17)13-5-3-4-11(14)7-13/h3-5,7-8,10H,2,6,9H2,1H3. The Morgan fingerprint density at radius 3 is 3.00 bits per heavy atom. The fourth-order valence-electron chi connectivity index (χ4n) is 1.74. The van der Waals surface area contributed by atoms with E-state index in [1.807, 2.05) is 4.57 Å². The summed E-state index contributed by atoms with van der Waals surface area (Å²) in [5, 5.41) is 0. The smallest absolute Gasteiger partial charge is 0.124 e. The van der Waals surface area contributed by atoms with Crippen LogP contribution in [0.15, 0.2) is 41.7 Å². The highest BCUT2D eigenvalue weighted by Crippen LogP contribution is 2.13. The molecule has 0 aliphatic rings. The van der Waals surface area contributed by atoms with Crippen molar-refractivity contribution in [3.8, 4) is 0 Å². The quantitative estimate of drug-likeness (QED) is 0.834. The Kier molecular flexibility index (Phi) is 4.25. The van der Waals surface area contributed by atoms with E-state index in [4.69, 9.17) is 0 Å². The third kappa shape index (κ3) is 3.04. The number of aromatic nitrogens is 2. The molecule has 18 heavy (non-hydrogen) atoms. The molecule has 0 aliphatic heterocycles. The van der Waals surface area contributed by atoms with Crippen molar-refractivity contribution in [3.05, 3.63) is 48.3 Å². The first kappa shape index (κ1) is 13.0. The summed E-state index contributed by atoms with van der Waals surface area (Å²) < 4.78 is 27.2. The van der Waals surface area contributed by atoms with E-state index >= 15 is 0 Å². The monoisotopic (exact) mass is 266 g/mol. The van der Waals surface area contributed by atoms with Gasteiger partial charge in [-0.3, -0.25) is 4.21 Å². The summed E-state index contributed by atoms with van der Waals surface area (Å²) in [6, 6.07) is 5.92. The van der Waals surface area contributed by atoms with E-state index in [1.165, 1.54) is 12.1 Å². The average molecular weight is 266 g/mol. The summed E-state index contributed by atoms with van der Waals surface area (Å²) in [6.45, 7) is 2.93. The topological polar surface area (TPSA) is 34.9 Å². The van der Waals surface area contributed by atoms with E-state index in [2.05, 4.69) is 11.9 Å². The molecule has 0 radical (unpaired) electrons. The number of rotatable bonds is 5. The summed E-state index contributed by atoms with van der Waals surface area (Å²) in [4.78, 5) is 4.57. The van der Waals surface area contributed by atoms with Crippen molar-refractivity contribution in [3.63, 3.8) is 0 Å². The minimum Gasteiger partial charge on any atom is -0.334 e. The first-order chi connectivity index (χ1) is 8.70. The summed E-state index contributed by atoms with van der Waals surface area (Å²) in [5.74, 6) is 0.00613. The minimum absolute atomic E-state index is 0.358. The number of halogens is 1. The molecule has 1 aromatic carbocycles. The van der Waals surface area contributed by atoms with Gasteiger partial charge in [-0.2, -0.15) is 0 Å². The fraction of sp³-hybridized carbons (Fsp3) is 0.308. The molecule has 2 rings (SSSR count). The van der Waals surface area contributed by atoms with Crippen molar-refractivity contribution < 1.29 is 8.60 Å². The van der Waals surface area contributed by atoms with Crippen LogP contribution in [0.25, 0.3) is 0 Å². The van der Waals surface area contributed by atoms with Crippen LogP contribution in [0.5, 0.6) is 0 Å². The molecule has 0 saturated heterocycles. The molecule has 0 saturated carbocycles. The summed E-state index contributed by atoms with van der Waals surface area (Å²) in [7, 11) is -1.24. The first-order valence-electron chi connectivity index (χ1n) is 5.83. The van der Waals surface area contributed by atoms with Crippen LogP contribution in [0.3, 0.4) is 0 Å². The molecule has 1 atom stereocenters. The highest BCUT2D eigenvalue weighted by molar-refractivity contribution is 7.84. The molecular weight excluding hydrogens is 251 g/mol. The van der Waals surface area contributed by atoms with Crippen molar-refractivity contribution in [2.45, 2.75) is 30.5 Å². The van der Waals surface area contributed by atoms with E-state index in [1.54, 1.807) is 24.7 Å². The van der Waals surface area contributed by atoms with E-state index in [0.29, 0.717) is 10.6 Å². The first-order valence-corrected chi connectivity index (χ1v) is 7.15. The van der Waals surface area contributed by atoms with Crippen LogP contribution in [-0.4, -0.2) is 13.8 Å². The molecule has 0 amide bonds. The maximum absolute atomic E-state index is 13.1. The molecule has 3 nitrogen and oxygen atoms in total. The Labute approximate surface area is 108 Å². The Balaban J connectivity index is 2.14. The van der Waals surface area contributed by atoms with Gasteiger partial charge in [0.1, 0.15) is 5.82 Å². The average Bonchev–Trinajstić information content (AvgIpc) is 2.77. The lowest BCUT2D eigenvalue weighted by atomic mass is 10.4. The minimum atomic E-state index is -1.24. The van der Waals surface area contributed by atoms with E-state index in [9.17, 15) is 8.60 Å². The van der Waals surface area contributed by atoms with Gasteiger partial charge in [-0.05, 0) is 24.6 Å². The predicted octanol–water partition coefficient (Wildman–Crippen LogP) is 2.74. The largest absolute Gasteiger partial charge is 0.334 e. The Morgan fingerprint density at radius 2 is 2.28 bits per heavy atom. The molecule has 0 N–H and O–H groups in total. The molecule has 0 fully saturated rings. The summed E-state index contributed by atoms with van der Waals surface area (Å²) in [5.41, 5.74) is 0.916. The van der Waals surface area contributed by atoms with Crippen molar-refractivity contribution in [1.29, 1.82) is 0 Å². The SMILES string of the molecule is CCCn1cncc1CS(=O)c1cccc(F)c1. The molecule has 1 unspecified atom stereocenters. The van der Waals surface area contributed by atoms with Crippen LogP contribution < -0.4 is 0 Å². The lowest BCUT2D eigenvalue weighted by Gasteiger charge is -2.06. The van der Waals surface area contributed by atoms with Gasteiger partial charge in [-0.25, -0.2) is 9.37 Å². The number of benzene rings is 1. The maximum atomic E-state index is 13.1. The Hall–Kier alpha value is -1.49. The second kappa shape index (κ2) is 5.91. The summed E-state index contributed by atoms with van der Waals surface area (Å²) in [6.07, 6.45) is 4.45. The molecule has 0 aliphatic carbocycles. The predicted molar refractivity (Wildman–Crippen MR) is 69.0 cm³/mol. The van der Waals surface area contributed by atoms with Gasteiger partial charge in [0, 0.05) is 17.6 Å². The molecule has 96 valence electrons. The number of aryl methyl sites for hydroxylation is 1. The van der Waals surface area contributed by atoms with Gasteiger partial charge in [0.25, 0.3) is 0 Å².